The second-order valence-electron chi connectivity index (χ2n) is 5.63. The molecule has 3 heterocycles. The van der Waals surface area contributed by atoms with Crippen molar-refractivity contribution in [3.05, 3.63) is 51.8 Å². The summed E-state index contributed by atoms with van der Waals surface area (Å²) in [5, 5.41) is 12.6. The number of halogens is 1. The lowest BCUT2D eigenvalue weighted by Gasteiger charge is -2.34. The Morgan fingerprint density at radius 1 is 1.04 bits per heavy atom. The van der Waals surface area contributed by atoms with Gasteiger partial charge in [-0.1, -0.05) is 29.5 Å². The van der Waals surface area contributed by atoms with E-state index in [4.69, 9.17) is 0 Å². The van der Waals surface area contributed by atoms with Crippen LogP contribution in [-0.4, -0.2) is 47.2 Å². The molecule has 0 unspecified atom stereocenters. The van der Waals surface area contributed by atoms with Crippen LogP contribution >= 0.6 is 38.6 Å². The molecule has 2 aromatic heterocycles. The third-order valence-corrected chi connectivity index (χ3v) is 6.80. The van der Waals surface area contributed by atoms with Crippen molar-refractivity contribution in [1.29, 1.82) is 0 Å². The van der Waals surface area contributed by atoms with Crippen LogP contribution in [0.25, 0.3) is 9.88 Å². The van der Waals surface area contributed by atoms with Crippen molar-refractivity contribution in [2.45, 2.75) is 0 Å². The zero-order chi connectivity index (χ0) is 17.2. The second kappa shape index (κ2) is 7.23. The Hall–Kier alpha value is -1.77. The van der Waals surface area contributed by atoms with Crippen molar-refractivity contribution in [3.8, 4) is 9.88 Å². The first kappa shape index (κ1) is 16.7. The molecule has 0 radical (unpaired) electrons. The van der Waals surface area contributed by atoms with Gasteiger partial charge in [-0.25, -0.2) is 0 Å². The van der Waals surface area contributed by atoms with E-state index in [0.29, 0.717) is 18.7 Å². The first-order chi connectivity index (χ1) is 12.2. The molecule has 1 aromatic carbocycles. The van der Waals surface area contributed by atoms with Gasteiger partial charge in [-0.05, 0) is 39.5 Å². The highest BCUT2D eigenvalue weighted by Crippen LogP contribution is 2.32. The van der Waals surface area contributed by atoms with E-state index in [1.54, 1.807) is 22.7 Å². The highest BCUT2D eigenvalue weighted by atomic mass is 79.9. The normalized spacial score (nSPS) is 14.8. The van der Waals surface area contributed by atoms with Crippen LogP contribution in [-0.2, 0) is 0 Å². The number of anilines is 1. The number of carbonyl (C=O) groups excluding carboxylic acids is 1. The second-order valence-corrected chi connectivity index (χ2v) is 8.38. The van der Waals surface area contributed by atoms with Crippen LogP contribution < -0.4 is 4.90 Å². The average molecular weight is 435 g/mol. The average Bonchev–Trinajstić information content (AvgIpc) is 3.33. The fourth-order valence-electron chi connectivity index (χ4n) is 2.75. The minimum atomic E-state index is 0.0728. The molecular weight excluding hydrogens is 420 g/mol. The van der Waals surface area contributed by atoms with Crippen molar-refractivity contribution in [3.63, 3.8) is 0 Å². The predicted molar refractivity (Wildman–Crippen MR) is 105 cm³/mol. The fraction of sp³-hybridized carbons (Fsp3) is 0.235. The van der Waals surface area contributed by atoms with Crippen molar-refractivity contribution < 1.29 is 4.79 Å². The molecular formula is C17H15BrN4OS2. The molecule has 0 spiro atoms. The molecule has 0 bridgehead atoms. The molecule has 128 valence electrons. The van der Waals surface area contributed by atoms with Crippen LogP contribution in [0.15, 0.2) is 46.3 Å². The van der Waals surface area contributed by atoms with E-state index in [2.05, 4.69) is 37.1 Å². The van der Waals surface area contributed by atoms with Gasteiger partial charge in [0.15, 0.2) is 5.01 Å². The third kappa shape index (κ3) is 3.47. The Bertz CT molecular complexity index is 872. The zero-order valence-electron chi connectivity index (χ0n) is 13.3. The van der Waals surface area contributed by atoms with Gasteiger partial charge in [0.05, 0.1) is 10.4 Å². The molecule has 25 heavy (non-hydrogen) atoms. The van der Waals surface area contributed by atoms with E-state index >= 15 is 0 Å². The van der Waals surface area contributed by atoms with Gasteiger partial charge in [-0.2, -0.15) is 0 Å². The summed E-state index contributed by atoms with van der Waals surface area (Å²) in [5.41, 5.74) is 0.715. The van der Waals surface area contributed by atoms with Gasteiger partial charge < -0.3 is 9.80 Å². The standard InChI is InChI=1S/C17H15BrN4OS2/c18-13-5-2-1-4-12(13)16(23)21-7-9-22(10-8-21)17-20-19-15(25-17)14-6-3-11-24-14/h1-6,11H,7-10H2. The van der Waals surface area contributed by atoms with Crippen molar-refractivity contribution in [1.82, 2.24) is 15.1 Å². The number of hydrogen-bond acceptors (Lipinski definition) is 6. The van der Waals surface area contributed by atoms with E-state index < -0.39 is 0 Å². The number of benzene rings is 1. The number of aromatic nitrogens is 2. The highest BCUT2D eigenvalue weighted by molar-refractivity contribution is 9.10. The minimum Gasteiger partial charge on any atom is -0.343 e. The predicted octanol–water partition coefficient (Wildman–Crippen LogP) is 3.99. The Morgan fingerprint density at radius 2 is 1.84 bits per heavy atom. The number of amides is 1. The molecule has 1 saturated heterocycles. The van der Waals surface area contributed by atoms with Crippen molar-refractivity contribution in [2.75, 3.05) is 31.1 Å². The monoisotopic (exact) mass is 434 g/mol. The molecule has 1 fully saturated rings. The summed E-state index contributed by atoms with van der Waals surface area (Å²) < 4.78 is 0.840. The summed E-state index contributed by atoms with van der Waals surface area (Å²) in [5.74, 6) is 0.0728. The minimum absolute atomic E-state index is 0.0728. The first-order valence-electron chi connectivity index (χ1n) is 7.88. The van der Waals surface area contributed by atoms with Crippen LogP contribution in [0.3, 0.4) is 0 Å². The number of carbonyl (C=O) groups is 1. The van der Waals surface area contributed by atoms with Crippen LogP contribution in [0, 0.1) is 0 Å². The summed E-state index contributed by atoms with van der Waals surface area (Å²) in [6, 6.07) is 11.6. The summed E-state index contributed by atoms with van der Waals surface area (Å²) in [6.07, 6.45) is 0. The van der Waals surface area contributed by atoms with E-state index in [9.17, 15) is 4.79 Å². The van der Waals surface area contributed by atoms with Gasteiger partial charge in [-0.3, -0.25) is 4.79 Å². The van der Waals surface area contributed by atoms with Gasteiger partial charge in [0, 0.05) is 30.7 Å². The highest BCUT2D eigenvalue weighted by Gasteiger charge is 2.25. The van der Waals surface area contributed by atoms with Gasteiger partial charge in [-0.15, -0.1) is 21.5 Å². The number of thiophene rings is 1. The van der Waals surface area contributed by atoms with Crippen LogP contribution in [0.1, 0.15) is 10.4 Å². The maximum absolute atomic E-state index is 12.7. The smallest absolute Gasteiger partial charge is 0.255 e. The van der Waals surface area contributed by atoms with E-state index in [1.165, 1.54) is 0 Å². The van der Waals surface area contributed by atoms with E-state index in [0.717, 1.165) is 32.6 Å². The van der Waals surface area contributed by atoms with Crippen LogP contribution in [0.4, 0.5) is 5.13 Å². The first-order valence-corrected chi connectivity index (χ1v) is 10.4. The van der Waals surface area contributed by atoms with Crippen molar-refractivity contribution >= 4 is 49.6 Å². The van der Waals surface area contributed by atoms with Crippen molar-refractivity contribution in [2.24, 2.45) is 0 Å². The number of nitrogens with zero attached hydrogens (tertiary/aromatic N) is 4. The van der Waals surface area contributed by atoms with E-state index in [-0.39, 0.29) is 5.91 Å². The van der Waals surface area contributed by atoms with Gasteiger partial charge in [0.25, 0.3) is 5.91 Å². The number of rotatable bonds is 3. The molecule has 3 aromatic rings. The molecule has 1 aliphatic heterocycles. The molecule has 8 heteroatoms. The molecule has 1 aliphatic rings. The van der Waals surface area contributed by atoms with Gasteiger partial charge >= 0.3 is 0 Å². The lowest BCUT2D eigenvalue weighted by Crippen LogP contribution is -2.48. The topological polar surface area (TPSA) is 49.3 Å². The van der Waals surface area contributed by atoms with Gasteiger partial charge in [0.2, 0.25) is 5.13 Å². The summed E-state index contributed by atoms with van der Waals surface area (Å²) in [4.78, 5) is 17.9. The SMILES string of the molecule is O=C(c1ccccc1Br)N1CCN(c2nnc(-c3cccs3)s2)CC1. The lowest BCUT2D eigenvalue weighted by atomic mass is 10.2. The number of hydrogen-bond donors (Lipinski definition) is 0. The zero-order valence-corrected chi connectivity index (χ0v) is 16.5. The summed E-state index contributed by atoms with van der Waals surface area (Å²) in [7, 11) is 0. The molecule has 0 saturated carbocycles. The molecule has 0 aliphatic carbocycles. The summed E-state index contributed by atoms with van der Waals surface area (Å²) in [6.45, 7) is 2.92. The molecule has 0 atom stereocenters. The molecule has 1 amide bonds. The van der Waals surface area contributed by atoms with Crippen LogP contribution in [0.2, 0.25) is 0 Å². The maximum Gasteiger partial charge on any atom is 0.255 e. The quantitative estimate of drug-likeness (QED) is 0.624. The Kier molecular flexibility index (Phi) is 4.82. The lowest BCUT2D eigenvalue weighted by molar-refractivity contribution is 0.0746. The maximum atomic E-state index is 12.7. The largest absolute Gasteiger partial charge is 0.343 e. The molecule has 0 N–H and O–H groups in total. The van der Waals surface area contributed by atoms with Crippen LogP contribution in [0.5, 0.6) is 0 Å². The van der Waals surface area contributed by atoms with E-state index in [1.807, 2.05) is 40.6 Å². The fourth-order valence-corrected chi connectivity index (χ4v) is 4.89. The summed E-state index contributed by atoms with van der Waals surface area (Å²) >= 11 is 6.74. The van der Waals surface area contributed by atoms with Gasteiger partial charge in [0.1, 0.15) is 0 Å². The number of piperazine rings is 1. The molecule has 5 nitrogen and oxygen atoms in total. The Labute approximate surface area is 162 Å². The molecule has 4 rings (SSSR count). The Morgan fingerprint density at radius 3 is 2.56 bits per heavy atom. The third-order valence-electron chi connectivity index (χ3n) is 4.09. The Balaban J connectivity index is 1.42.